The maximum absolute atomic E-state index is 12.3. The Bertz CT molecular complexity index is 825. The van der Waals surface area contributed by atoms with Gasteiger partial charge in [0.2, 0.25) is 5.72 Å². The fourth-order valence-electron chi connectivity index (χ4n) is 2.88. The first-order valence-electron chi connectivity index (χ1n) is 7.53. The number of fused-ring (bicyclic) bond motifs is 1. The maximum Gasteiger partial charge on any atom is 0.341 e. The number of carbonyl (C=O) groups is 1. The summed E-state index contributed by atoms with van der Waals surface area (Å²) in [5.74, 6) is -1.05. The highest BCUT2D eigenvalue weighted by Crippen LogP contribution is 2.39. The van der Waals surface area contributed by atoms with E-state index in [0.29, 0.717) is 11.1 Å². The van der Waals surface area contributed by atoms with Crippen molar-refractivity contribution < 1.29 is 24.7 Å². The first-order chi connectivity index (χ1) is 11.8. The average Bonchev–Trinajstić information content (AvgIpc) is 2.85. The monoisotopic (exact) mass is 344 g/mol. The first-order valence-corrected chi connectivity index (χ1v) is 7.53. The van der Waals surface area contributed by atoms with Gasteiger partial charge in [-0.15, -0.1) is 0 Å². The summed E-state index contributed by atoms with van der Waals surface area (Å²) in [6.07, 6.45) is -2.79. The van der Waals surface area contributed by atoms with Crippen LogP contribution in [0.2, 0.25) is 0 Å². The number of hydrogen-bond acceptors (Lipinski definition) is 7. The molecule has 0 saturated carbocycles. The molecule has 1 aliphatic rings. The second kappa shape index (κ2) is 6.25. The van der Waals surface area contributed by atoms with Gasteiger partial charge in [0.05, 0.1) is 4.92 Å². The second-order valence-electron chi connectivity index (χ2n) is 5.85. The molecule has 0 amide bonds. The Morgan fingerprint density at radius 2 is 2.00 bits per heavy atom. The van der Waals surface area contributed by atoms with E-state index < -0.39 is 28.8 Å². The van der Waals surface area contributed by atoms with Crippen LogP contribution >= 0.6 is 0 Å². The topological polar surface area (TPSA) is 136 Å². The zero-order chi connectivity index (χ0) is 18.2. The van der Waals surface area contributed by atoms with Gasteiger partial charge in [0.15, 0.2) is 6.10 Å². The molecule has 0 fully saturated rings. The highest BCUT2D eigenvalue weighted by atomic mass is 16.6. The van der Waals surface area contributed by atoms with Gasteiger partial charge < -0.3 is 14.9 Å². The van der Waals surface area contributed by atoms with Crippen molar-refractivity contribution in [2.45, 2.75) is 24.4 Å². The number of nitro groups is 1. The molecule has 2 aromatic carbocycles. The van der Waals surface area contributed by atoms with Crippen LogP contribution in [0.15, 0.2) is 48.5 Å². The number of nitrogens with two attached hydrogens (primary N) is 1. The van der Waals surface area contributed by atoms with Crippen LogP contribution in [-0.2, 0) is 21.7 Å². The van der Waals surface area contributed by atoms with Crippen molar-refractivity contribution in [3.05, 3.63) is 75.3 Å². The Morgan fingerprint density at radius 1 is 1.32 bits per heavy atom. The number of hydrogen-bond donors (Lipinski definition) is 3. The summed E-state index contributed by atoms with van der Waals surface area (Å²) in [5.41, 5.74) is 4.88. The zero-order valence-corrected chi connectivity index (χ0v) is 13.0. The van der Waals surface area contributed by atoms with Crippen molar-refractivity contribution in [1.82, 2.24) is 0 Å². The normalized spacial score (nSPS) is 22.9. The molecule has 3 rings (SSSR count). The molecule has 3 atom stereocenters. The second-order valence-corrected chi connectivity index (χ2v) is 5.85. The number of esters is 1. The lowest BCUT2D eigenvalue weighted by Crippen LogP contribution is -2.49. The summed E-state index contributed by atoms with van der Waals surface area (Å²) in [4.78, 5) is 22.6. The van der Waals surface area contributed by atoms with Crippen molar-refractivity contribution in [3.63, 3.8) is 0 Å². The average molecular weight is 344 g/mol. The highest BCUT2D eigenvalue weighted by molar-refractivity contribution is 5.77. The fourth-order valence-corrected chi connectivity index (χ4v) is 2.88. The van der Waals surface area contributed by atoms with E-state index in [4.69, 9.17) is 10.5 Å². The molecule has 2 aromatic rings. The minimum absolute atomic E-state index is 0.0819. The Labute approximate surface area is 142 Å². The molecule has 0 aromatic heterocycles. The van der Waals surface area contributed by atoms with E-state index in [-0.39, 0.29) is 17.7 Å². The van der Waals surface area contributed by atoms with Crippen LogP contribution in [0.3, 0.4) is 0 Å². The van der Waals surface area contributed by atoms with E-state index in [0.717, 1.165) is 0 Å². The van der Waals surface area contributed by atoms with Crippen molar-refractivity contribution in [3.8, 4) is 0 Å². The standard InChI is InChI=1S/C17H16N2O6/c18-17(25-16(22)15(21)10-4-2-1-3-5-10)13-9-12(19(23)24)7-6-11(13)8-14(17)20/h1-7,9,14-15,20-21H,8,18H2/t14?,15-,17?/m0/s1. The molecular weight excluding hydrogens is 328 g/mol. The maximum atomic E-state index is 12.3. The number of aliphatic hydroxyl groups is 2. The molecule has 1 aliphatic carbocycles. The summed E-state index contributed by atoms with van der Waals surface area (Å²) in [7, 11) is 0. The minimum Gasteiger partial charge on any atom is -0.435 e. The molecule has 4 N–H and O–H groups in total. The number of non-ortho nitro benzene ring substituents is 1. The van der Waals surface area contributed by atoms with Crippen LogP contribution in [-0.4, -0.2) is 27.2 Å². The van der Waals surface area contributed by atoms with Gasteiger partial charge in [-0.1, -0.05) is 36.4 Å². The molecule has 0 radical (unpaired) electrons. The molecule has 0 bridgehead atoms. The molecule has 2 unspecified atom stereocenters. The smallest absolute Gasteiger partial charge is 0.341 e. The molecule has 25 heavy (non-hydrogen) atoms. The lowest BCUT2D eigenvalue weighted by atomic mass is 10.0. The molecular formula is C17H16N2O6. The number of carbonyl (C=O) groups excluding carboxylic acids is 1. The van der Waals surface area contributed by atoms with E-state index >= 15 is 0 Å². The van der Waals surface area contributed by atoms with Gasteiger partial charge in [0.1, 0.15) is 6.10 Å². The summed E-state index contributed by atoms with van der Waals surface area (Å²) < 4.78 is 5.20. The van der Waals surface area contributed by atoms with Crippen molar-refractivity contribution in [2.75, 3.05) is 0 Å². The van der Waals surface area contributed by atoms with Gasteiger partial charge in [-0.2, -0.15) is 0 Å². The predicted octanol–water partition coefficient (Wildman–Crippen LogP) is 0.900. The van der Waals surface area contributed by atoms with Crippen LogP contribution < -0.4 is 5.73 Å². The van der Waals surface area contributed by atoms with E-state index in [1.807, 2.05) is 0 Å². The third kappa shape index (κ3) is 2.98. The van der Waals surface area contributed by atoms with Crippen molar-refractivity contribution in [1.29, 1.82) is 0 Å². The largest absolute Gasteiger partial charge is 0.435 e. The Morgan fingerprint density at radius 3 is 2.64 bits per heavy atom. The summed E-state index contributed by atoms with van der Waals surface area (Å²) in [6, 6.07) is 12.0. The Balaban J connectivity index is 1.91. The fraction of sp³-hybridized carbons (Fsp3) is 0.235. The lowest BCUT2D eigenvalue weighted by Gasteiger charge is -2.29. The van der Waals surface area contributed by atoms with E-state index in [1.165, 1.54) is 18.2 Å². The van der Waals surface area contributed by atoms with E-state index in [9.17, 15) is 25.1 Å². The molecule has 0 spiro atoms. The van der Waals surface area contributed by atoms with Gasteiger partial charge in [0, 0.05) is 24.1 Å². The van der Waals surface area contributed by atoms with Gasteiger partial charge in [-0.25, -0.2) is 4.79 Å². The molecule has 0 aliphatic heterocycles. The third-order valence-electron chi connectivity index (χ3n) is 4.24. The Kier molecular flexibility index (Phi) is 4.25. The summed E-state index contributed by atoms with van der Waals surface area (Å²) in [5, 5.41) is 31.3. The number of nitro benzene ring substituents is 1. The van der Waals surface area contributed by atoms with Crippen LogP contribution in [0.5, 0.6) is 0 Å². The zero-order valence-electron chi connectivity index (χ0n) is 13.0. The van der Waals surface area contributed by atoms with Crippen LogP contribution in [0.1, 0.15) is 22.8 Å². The van der Waals surface area contributed by atoms with Gasteiger partial charge >= 0.3 is 5.97 Å². The number of benzene rings is 2. The first kappa shape index (κ1) is 17.0. The van der Waals surface area contributed by atoms with E-state index in [1.54, 1.807) is 30.3 Å². The SMILES string of the molecule is NC1(OC(=O)[C@@H](O)c2ccccc2)c2cc([N+](=O)[O-])ccc2CC1O. The van der Waals surface area contributed by atoms with Crippen molar-refractivity contribution >= 4 is 11.7 Å². The quantitative estimate of drug-likeness (QED) is 0.324. The summed E-state index contributed by atoms with van der Waals surface area (Å²) >= 11 is 0. The minimum atomic E-state index is -1.96. The molecule has 8 heteroatoms. The van der Waals surface area contributed by atoms with Gasteiger partial charge in [-0.3, -0.25) is 15.8 Å². The lowest BCUT2D eigenvalue weighted by molar-refractivity contribution is -0.385. The molecule has 0 heterocycles. The van der Waals surface area contributed by atoms with Gasteiger partial charge in [0.25, 0.3) is 5.69 Å². The van der Waals surface area contributed by atoms with Gasteiger partial charge in [-0.05, 0) is 11.1 Å². The summed E-state index contributed by atoms with van der Waals surface area (Å²) in [6.45, 7) is 0. The highest BCUT2D eigenvalue weighted by Gasteiger charge is 2.48. The Hall–Kier alpha value is -2.81. The third-order valence-corrected chi connectivity index (χ3v) is 4.24. The number of ether oxygens (including phenoxy) is 1. The number of aliphatic hydroxyl groups excluding tert-OH is 2. The molecule has 0 saturated heterocycles. The van der Waals surface area contributed by atoms with Crippen molar-refractivity contribution in [2.24, 2.45) is 5.73 Å². The van der Waals surface area contributed by atoms with Crippen LogP contribution in [0.4, 0.5) is 5.69 Å². The number of nitrogens with zero attached hydrogens (tertiary/aromatic N) is 1. The van der Waals surface area contributed by atoms with Crippen LogP contribution in [0.25, 0.3) is 0 Å². The number of rotatable bonds is 4. The molecule has 8 nitrogen and oxygen atoms in total. The molecule has 130 valence electrons. The van der Waals surface area contributed by atoms with E-state index in [2.05, 4.69) is 0 Å². The predicted molar refractivity (Wildman–Crippen MR) is 86.2 cm³/mol. The van der Waals surface area contributed by atoms with Crippen LogP contribution in [0, 0.1) is 10.1 Å².